The van der Waals surface area contributed by atoms with Gasteiger partial charge in [0, 0.05) is 23.3 Å². The fraction of sp³-hybridized carbons (Fsp3) is 0.136. The van der Waals surface area contributed by atoms with Crippen LogP contribution in [0.25, 0.3) is 16.4 Å². The van der Waals surface area contributed by atoms with E-state index in [1.165, 1.54) is 0 Å². The summed E-state index contributed by atoms with van der Waals surface area (Å²) in [7, 11) is 0. The molecular formula is C22H17N3O2. The van der Waals surface area contributed by atoms with Gasteiger partial charge in [-0.25, -0.2) is 4.79 Å². The van der Waals surface area contributed by atoms with E-state index in [0.29, 0.717) is 22.4 Å². The fourth-order valence-corrected chi connectivity index (χ4v) is 3.24. The quantitative estimate of drug-likeness (QED) is 0.513. The van der Waals surface area contributed by atoms with E-state index in [9.17, 15) is 10.1 Å². The molecule has 0 unspecified atom stereocenters. The molecule has 0 atom stereocenters. The van der Waals surface area contributed by atoms with Crippen LogP contribution in [-0.4, -0.2) is 15.4 Å². The summed E-state index contributed by atoms with van der Waals surface area (Å²) in [6, 6.07) is 15.6. The van der Waals surface area contributed by atoms with E-state index in [2.05, 4.69) is 11.1 Å². The van der Waals surface area contributed by atoms with Crippen LogP contribution in [0.1, 0.15) is 32.7 Å². The zero-order valence-electron chi connectivity index (χ0n) is 15.1. The maximum Gasteiger partial charge on any atom is 0.340 e. The highest BCUT2D eigenvalue weighted by Gasteiger charge is 2.16. The highest BCUT2D eigenvalue weighted by atomic mass is 16.5. The Morgan fingerprint density at radius 1 is 1.22 bits per heavy atom. The number of hydrogen-bond donors (Lipinski definition) is 0. The lowest BCUT2D eigenvalue weighted by Crippen LogP contribution is -2.08. The van der Waals surface area contributed by atoms with Gasteiger partial charge in [0.2, 0.25) is 0 Å². The van der Waals surface area contributed by atoms with Gasteiger partial charge in [0.25, 0.3) is 0 Å². The number of carbonyl (C=O) groups is 1. The molecule has 4 aromatic rings. The van der Waals surface area contributed by atoms with E-state index < -0.39 is 5.97 Å². The number of aryl methyl sites for hydroxylation is 2. The maximum atomic E-state index is 12.6. The lowest BCUT2D eigenvalue weighted by Gasteiger charge is -2.08. The van der Waals surface area contributed by atoms with E-state index in [-0.39, 0.29) is 6.61 Å². The molecule has 0 amide bonds. The summed E-state index contributed by atoms with van der Waals surface area (Å²) >= 11 is 0. The van der Waals surface area contributed by atoms with Crippen LogP contribution in [0.15, 0.2) is 54.9 Å². The van der Waals surface area contributed by atoms with Crippen LogP contribution in [0.4, 0.5) is 0 Å². The molecule has 5 nitrogen and oxygen atoms in total. The van der Waals surface area contributed by atoms with Crippen molar-refractivity contribution in [2.45, 2.75) is 20.5 Å². The van der Waals surface area contributed by atoms with Crippen molar-refractivity contribution in [3.63, 3.8) is 0 Å². The van der Waals surface area contributed by atoms with Crippen LogP contribution in [0.5, 0.6) is 0 Å². The lowest BCUT2D eigenvalue weighted by molar-refractivity contribution is 0.0471. The highest BCUT2D eigenvalue weighted by molar-refractivity contribution is 5.95. The van der Waals surface area contributed by atoms with E-state index in [0.717, 1.165) is 22.0 Å². The molecule has 0 aliphatic heterocycles. The summed E-state index contributed by atoms with van der Waals surface area (Å²) < 4.78 is 7.36. The first-order chi connectivity index (χ1) is 13.1. The van der Waals surface area contributed by atoms with Gasteiger partial charge in [0.05, 0.1) is 27.9 Å². The molecule has 0 N–H and O–H groups in total. The third-order valence-electron chi connectivity index (χ3n) is 4.61. The number of nitriles is 1. The van der Waals surface area contributed by atoms with Crippen LogP contribution >= 0.6 is 0 Å². The minimum absolute atomic E-state index is 0.0364. The van der Waals surface area contributed by atoms with E-state index in [1.54, 1.807) is 6.92 Å². The molecule has 0 bridgehead atoms. The molecule has 0 spiro atoms. The molecule has 132 valence electrons. The van der Waals surface area contributed by atoms with Crippen molar-refractivity contribution in [3.05, 3.63) is 82.8 Å². The normalized spacial score (nSPS) is 10.9. The predicted octanol–water partition coefficient (Wildman–Crippen LogP) is 4.33. The van der Waals surface area contributed by atoms with Crippen molar-refractivity contribution in [3.8, 4) is 6.07 Å². The van der Waals surface area contributed by atoms with Crippen molar-refractivity contribution >= 4 is 22.4 Å². The summed E-state index contributed by atoms with van der Waals surface area (Å²) in [6.45, 7) is 3.83. The number of benzene rings is 1. The van der Waals surface area contributed by atoms with Crippen molar-refractivity contribution in [2.24, 2.45) is 0 Å². The van der Waals surface area contributed by atoms with Gasteiger partial charge in [-0.3, -0.25) is 4.98 Å². The highest BCUT2D eigenvalue weighted by Crippen LogP contribution is 2.21. The average molecular weight is 355 g/mol. The Morgan fingerprint density at radius 3 is 2.89 bits per heavy atom. The molecule has 3 heterocycles. The Kier molecular flexibility index (Phi) is 4.09. The van der Waals surface area contributed by atoms with Crippen molar-refractivity contribution < 1.29 is 9.53 Å². The van der Waals surface area contributed by atoms with E-state index >= 15 is 0 Å². The second kappa shape index (κ2) is 6.58. The summed E-state index contributed by atoms with van der Waals surface area (Å²) in [6.07, 6.45) is 3.68. The first-order valence-corrected chi connectivity index (χ1v) is 8.60. The number of esters is 1. The molecule has 5 heteroatoms. The van der Waals surface area contributed by atoms with Gasteiger partial charge in [-0.2, -0.15) is 5.26 Å². The Bertz CT molecular complexity index is 1230. The minimum atomic E-state index is -0.442. The average Bonchev–Trinajstić information content (AvgIpc) is 3.03. The van der Waals surface area contributed by atoms with Crippen LogP contribution in [-0.2, 0) is 11.3 Å². The Balaban J connectivity index is 1.63. The van der Waals surface area contributed by atoms with Gasteiger partial charge in [0.15, 0.2) is 0 Å². The zero-order chi connectivity index (χ0) is 19.0. The third kappa shape index (κ3) is 3.02. The molecule has 4 rings (SSSR count). The smallest absolute Gasteiger partial charge is 0.340 e. The molecule has 0 saturated carbocycles. The standard InChI is InChI=1S/C22H17N3O2/c1-14-6-7-20-16(9-14)10-18(15(2)24-20)22(26)27-13-17-12-25-8-4-3-5-21(25)19(17)11-23/h3-10,12H,13H2,1-2H3. The number of rotatable bonds is 3. The molecule has 0 aliphatic rings. The van der Waals surface area contributed by atoms with Gasteiger partial charge in [-0.1, -0.05) is 17.7 Å². The Morgan fingerprint density at radius 2 is 2.07 bits per heavy atom. The zero-order valence-corrected chi connectivity index (χ0v) is 15.1. The van der Waals surface area contributed by atoms with Gasteiger partial charge in [-0.15, -0.1) is 0 Å². The molecule has 0 fully saturated rings. The second-order valence-corrected chi connectivity index (χ2v) is 6.53. The molecule has 0 radical (unpaired) electrons. The number of nitrogens with zero attached hydrogens (tertiary/aromatic N) is 3. The van der Waals surface area contributed by atoms with Crippen molar-refractivity contribution in [1.82, 2.24) is 9.38 Å². The first kappa shape index (κ1) is 16.8. The number of ether oxygens (including phenoxy) is 1. The summed E-state index contributed by atoms with van der Waals surface area (Å²) in [5.41, 5.74) is 5.01. The molecule has 3 aromatic heterocycles. The van der Waals surface area contributed by atoms with Gasteiger partial charge >= 0.3 is 5.97 Å². The number of hydrogen-bond acceptors (Lipinski definition) is 4. The van der Waals surface area contributed by atoms with Gasteiger partial charge in [-0.05, 0) is 44.2 Å². The van der Waals surface area contributed by atoms with Crippen LogP contribution < -0.4 is 0 Å². The summed E-state index contributed by atoms with van der Waals surface area (Å²) in [5, 5.41) is 10.4. The first-order valence-electron chi connectivity index (χ1n) is 8.60. The second-order valence-electron chi connectivity index (χ2n) is 6.53. The fourth-order valence-electron chi connectivity index (χ4n) is 3.24. The maximum absolute atomic E-state index is 12.6. The molecule has 27 heavy (non-hydrogen) atoms. The Labute approximate surface area is 156 Å². The monoisotopic (exact) mass is 355 g/mol. The minimum Gasteiger partial charge on any atom is -0.457 e. The van der Waals surface area contributed by atoms with Gasteiger partial charge in [0.1, 0.15) is 12.7 Å². The van der Waals surface area contributed by atoms with Crippen LogP contribution in [0, 0.1) is 25.2 Å². The molecular weight excluding hydrogens is 338 g/mol. The molecule has 0 saturated heterocycles. The number of aromatic nitrogens is 2. The number of fused-ring (bicyclic) bond motifs is 2. The number of pyridine rings is 2. The Hall–Kier alpha value is -3.65. The predicted molar refractivity (Wildman–Crippen MR) is 102 cm³/mol. The van der Waals surface area contributed by atoms with E-state index in [1.807, 2.05) is 66.2 Å². The molecule has 1 aromatic carbocycles. The summed E-state index contributed by atoms with van der Waals surface area (Å²) in [5.74, 6) is -0.442. The largest absolute Gasteiger partial charge is 0.457 e. The third-order valence-corrected chi connectivity index (χ3v) is 4.61. The lowest BCUT2D eigenvalue weighted by atomic mass is 10.1. The molecule has 0 aliphatic carbocycles. The SMILES string of the molecule is Cc1ccc2nc(C)c(C(=O)OCc3cn4ccccc4c3C#N)cc2c1. The van der Waals surface area contributed by atoms with Crippen molar-refractivity contribution in [1.29, 1.82) is 5.26 Å². The number of carbonyl (C=O) groups excluding carboxylic acids is 1. The van der Waals surface area contributed by atoms with Crippen LogP contribution in [0.3, 0.4) is 0 Å². The topological polar surface area (TPSA) is 67.4 Å². The van der Waals surface area contributed by atoms with E-state index in [4.69, 9.17) is 4.74 Å². The summed E-state index contributed by atoms with van der Waals surface area (Å²) in [4.78, 5) is 17.1. The van der Waals surface area contributed by atoms with Crippen molar-refractivity contribution in [2.75, 3.05) is 0 Å². The van der Waals surface area contributed by atoms with Crippen LogP contribution in [0.2, 0.25) is 0 Å². The van der Waals surface area contributed by atoms with Gasteiger partial charge < -0.3 is 9.14 Å².